The minimum absolute atomic E-state index is 0.0119. The third kappa shape index (κ3) is 3.23. The summed E-state index contributed by atoms with van der Waals surface area (Å²) in [4.78, 5) is 31.5. The molecule has 1 unspecified atom stereocenters. The lowest BCUT2D eigenvalue weighted by molar-refractivity contribution is 0.0931. The smallest absolute Gasteiger partial charge is 0.267 e. The second-order valence-corrected chi connectivity index (χ2v) is 7.31. The molecule has 2 aliphatic rings. The Morgan fingerprint density at radius 1 is 1.36 bits per heavy atom. The Kier molecular flexibility index (Phi) is 4.63. The lowest BCUT2D eigenvalue weighted by atomic mass is 10.2. The lowest BCUT2D eigenvalue weighted by Gasteiger charge is -2.25. The van der Waals surface area contributed by atoms with Gasteiger partial charge in [-0.15, -0.1) is 0 Å². The van der Waals surface area contributed by atoms with Crippen LogP contribution in [0.1, 0.15) is 35.0 Å². The van der Waals surface area contributed by atoms with Gasteiger partial charge in [0, 0.05) is 25.0 Å². The van der Waals surface area contributed by atoms with Crippen LogP contribution < -0.4 is 10.9 Å². The van der Waals surface area contributed by atoms with Gasteiger partial charge < -0.3 is 9.73 Å². The van der Waals surface area contributed by atoms with Gasteiger partial charge in [-0.25, -0.2) is 4.98 Å². The summed E-state index contributed by atoms with van der Waals surface area (Å²) < 4.78 is 7.13. The summed E-state index contributed by atoms with van der Waals surface area (Å²) in [6.07, 6.45) is 5.34. The maximum Gasteiger partial charge on any atom is 0.267 e. The van der Waals surface area contributed by atoms with E-state index in [2.05, 4.69) is 15.2 Å². The van der Waals surface area contributed by atoms with Gasteiger partial charge in [-0.1, -0.05) is 11.8 Å². The van der Waals surface area contributed by atoms with Gasteiger partial charge >= 0.3 is 0 Å². The van der Waals surface area contributed by atoms with Gasteiger partial charge in [0.05, 0.1) is 12.3 Å². The number of rotatable bonds is 5. The van der Waals surface area contributed by atoms with Crippen LogP contribution in [0.5, 0.6) is 0 Å². The molecule has 25 heavy (non-hydrogen) atoms. The van der Waals surface area contributed by atoms with Crippen molar-refractivity contribution in [2.75, 3.05) is 25.4 Å². The minimum Gasteiger partial charge on any atom is -0.468 e. The van der Waals surface area contributed by atoms with E-state index >= 15 is 0 Å². The molecule has 2 aromatic rings. The molecule has 1 N–H and O–H groups in total. The molecule has 0 saturated carbocycles. The van der Waals surface area contributed by atoms with E-state index in [1.165, 1.54) is 18.0 Å². The van der Waals surface area contributed by atoms with Crippen molar-refractivity contribution >= 4 is 17.7 Å². The van der Waals surface area contributed by atoms with Gasteiger partial charge in [-0.3, -0.25) is 19.1 Å². The average Bonchev–Trinajstić information content (AvgIpc) is 3.37. The summed E-state index contributed by atoms with van der Waals surface area (Å²) in [5.41, 5.74) is -0.158. The molecule has 1 fully saturated rings. The highest BCUT2D eigenvalue weighted by molar-refractivity contribution is 7.99. The van der Waals surface area contributed by atoms with E-state index in [1.807, 2.05) is 12.1 Å². The van der Waals surface area contributed by atoms with Crippen molar-refractivity contribution in [1.29, 1.82) is 0 Å². The zero-order valence-electron chi connectivity index (χ0n) is 13.8. The van der Waals surface area contributed by atoms with Crippen LogP contribution in [-0.2, 0) is 6.54 Å². The van der Waals surface area contributed by atoms with E-state index in [4.69, 9.17) is 4.42 Å². The molecule has 1 saturated heterocycles. The molecule has 4 rings (SSSR count). The minimum atomic E-state index is -0.375. The topological polar surface area (TPSA) is 80.4 Å². The number of aromatic nitrogens is 2. The van der Waals surface area contributed by atoms with E-state index in [0.717, 1.165) is 37.4 Å². The van der Waals surface area contributed by atoms with E-state index in [-0.39, 0.29) is 23.1 Å². The number of carbonyl (C=O) groups is 1. The van der Waals surface area contributed by atoms with Gasteiger partial charge in [-0.05, 0) is 38.1 Å². The zero-order valence-corrected chi connectivity index (χ0v) is 14.6. The Bertz CT molecular complexity index is 812. The molecular weight excluding hydrogens is 340 g/mol. The quantitative estimate of drug-likeness (QED) is 0.814. The fourth-order valence-electron chi connectivity index (χ4n) is 3.40. The predicted octanol–water partition coefficient (Wildman–Crippen LogP) is 1.51. The lowest BCUT2D eigenvalue weighted by Crippen LogP contribution is -2.39. The summed E-state index contributed by atoms with van der Waals surface area (Å²) in [5.74, 6) is 1.28. The van der Waals surface area contributed by atoms with Gasteiger partial charge in [0.25, 0.3) is 11.5 Å². The van der Waals surface area contributed by atoms with Crippen LogP contribution in [0, 0.1) is 0 Å². The maximum absolute atomic E-state index is 12.5. The molecule has 0 radical (unpaired) electrons. The van der Waals surface area contributed by atoms with Crippen LogP contribution in [0.2, 0.25) is 0 Å². The van der Waals surface area contributed by atoms with Crippen molar-refractivity contribution in [3.05, 3.63) is 46.3 Å². The molecule has 2 aromatic heterocycles. The van der Waals surface area contributed by atoms with Gasteiger partial charge in [0.15, 0.2) is 5.16 Å². The molecule has 7 nitrogen and oxygen atoms in total. The Labute approximate surface area is 149 Å². The number of nitrogens with one attached hydrogen (secondary N) is 1. The molecule has 2 aliphatic heterocycles. The molecule has 0 spiro atoms. The summed E-state index contributed by atoms with van der Waals surface area (Å²) in [6.45, 7) is 2.99. The predicted molar refractivity (Wildman–Crippen MR) is 93.8 cm³/mol. The number of likely N-dealkylation sites (tertiary alicyclic amines) is 1. The van der Waals surface area contributed by atoms with E-state index < -0.39 is 0 Å². The average molecular weight is 360 g/mol. The SMILES string of the molecule is O=C(NCC(c1ccco1)N1CCCC1)c1cnc2n(c1=O)CCS2. The van der Waals surface area contributed by atoms with E-state index in [0.29, 0.717) is 18.2 Å². The molecule has 4 heterocycles. The van der Waals surface area contributed by atoms with Crippen molar-refractivity contribution in [3.63, 3.8) is 0 Å². The second kappa shape index (κ2) is 7.05. The first-order chi connectivity index (χ1) is 12.2. The van der Waals surface area contributed by atoms with Crippen LogP contribution in [-0.4, -0.2) is 45.7 Å². The number of carbonyl (C=O) groups excluding carboxylic acids is 1. The standard InChI is InChI=1S/C17H20N4O3S/c22-15(12-10-19-17-21(16(12)23)7-9-25-17)18-11-13(14-4-3-8-24-14)20-5-1-2-6-20/h3-4,8,10,13H,1-2,5-7,9,11H2,(H,18,22). The highest BCUT2D eigenvalue weighted by Gasteiger charge is 2.27. The summed E-state index contributed by atoms with van der Waals surface area (Å²) in [7, 11) is 0. The largest absolute Gasteiger partial charge is 0.468 e. The molecule has 0 aliphatic carbocycles. The first-order valence-electron chi connectivity index (χ1n) is 8.52. The number of hydrogen-bond donors (Lipinski definition) is 1. The number of furan rings is 1. The first-order valence-corrected chi connectivity index (χ1v) is 9.51. The normalized spacial score (nSPS) is 18.2. The summed E-state index contributed by atoms with van der Waals surface area (Å²) in [6, 6.07) is 3.77. The molecule has 0 bridgehead atoms. The van der Waals surface area contributed by atoms with Gasteiger partial charge in [0.1, 0.15) is 11.3 Å². The van der Waals surface area contributed by atoms with Crippen LogP contribution in [0.25, 0.3) is 0 Å². The maximum atomic E-state index is 12.5. The number of amides is 1. The van der Waals surface area contributed by atoms with Crippen molar-refractivity contribution < 1.29 is 9.21 Å². The van der Waals surface area contributed by atoms with Crippen LogP contribution >= 0.6 is 11.8 Å². The monoisotopic (exact) mass is 360 g/mol. The van der Waals surface area contributed by atoms with Gasteiger partial charge in [0.2, 0.25) is 0 Å². The number of hydrogen-bond acceptors (Lipinski definition) is 6. The van der Waals surface area contributed by atoms with Crippen molar-refractivity contribution in [3.8, 4) is 0 Å². The van der Waals surface area contributed by atoms with Crippen molar-refractivity contribution in [1.82, 2.24) is 19.8 Å². The molecule has 1 amide bonds. The van der Waals surface area contributed by atoms with Crippen LogP contribution in [0.3, 0.4) is 0 Å². The third-order valence-electron chi connectivity index (χ3n) is 4.71. The number of thioether (sulfide) groups is 1. The fraction of sp³-hybridized carbons (Fsp3) is 0.471. The molecule has 132 valence electrons. The Hall–Kier alpha value is -2.06. The summed E-state index contributed by atoms with van der Waals surface area (Å²) in [5, 5.41) is 3.58. The summed E-state index contributed by atoms with van der Waals surface area (Å²) >= 11 is 1.54. The first kappa shape index (κ1) is 16.4. The van der Waals surface area contributed by atoms with Crippen LogP contribution in [0.4, 0.5) is 0 Å². The number of fused-ring (bicyclic) bond motifs is 1. The number of nitrogens with zero attached hydrogens (tertiary/aromatic N) is 3. The van der Waals surface area contributed by atoms with E-state index in [9.17, 15) is 9.59 Å². The zero-order chi connectivity index (χ0) is 17.2. The van der Waals surface area contributed by atoms with E-state index in [1.54, 1.807) is 10.8 Å². The van der Waals surface area contributed by atoms with Crippen LogP contribution in [0.15, 0.2) is 39.0 Å². The Morgan fingerprint density at radius 3 is 2.96 bits per heavy atom. The molecule has 0 aromatic carbocycles. The highest BCUT2D eigenvalue weighted by Crippen LogP contribution is 2.25. The van der Waals surface area contributed by atoms with Crippen molar-refractivity contribution in [2.45, 2.75) is 30.6 Å². The second-order valence-electron chi connectivity index (χ2n) is 6.24. The highest BCUT2D eigenvalue weighted by atomic mass is 32.2. The van der Waals surface area contributed by atoms with Gasteiger partial charge in [-0.2, -0.15) is 0 Å². The Balaban J connectivity index is 1.49. The third-order valence-corrected chi connectivity index (χ3v) is 5.68. The fourth-order valence-corrected chi connectivity index (χ4v) is 4.32. The molecular formula is C17H20N4O3S. The van der Waals surface area contributed by atoms with Crippen molar-refractivity contribution in [2.24, 2.45) is 0 Å². The molecule has 1 atom stereocenters. The Morgan fingerprint density at radius 2 is 2.20 bits per heavy atom. The molecule has 8 heteroatoms.